The van der Waals surface area contributed by atoms with Gasteiger partial charge in [0.05, 0.1) is 12.7 Å². The minimum absolute atomic E-state index is 0.102. The van der Waals surface area contributed by atoms with Crippen LogP contribution in [0.1, 0.15) is 10.6 Å². The molecule has 2 N–H and O–H groups in total. The van der Waals surface area contributed by atoms with Crippen molar-refractivity contribution < 1.29 is 9.21 Å². The number of carbonyl (C=O) groups is 1. The number of nitrogens with one attached hydrogen (secondary N) is 2. The van der Waals surface area contributed by atoms with Crippen molar-refractivity contribution >= 4 is 23.3 Å². The van der Waals surface area contributed by atoms with E-state index in [4.69, 9.17) is 4.42 Å². The Hall–Kier alpha value is -2.27. The molecular weight excluding hydrogens is 260 g/mol. The number of rotatable bonds is 6. The number of hydrazine groups is 1. The van der Waals surface area contributed by atoms with Crippen LogP contribution in [0.15, 0.2) is 58.7 Å². The lowest BCUT2D eigenvalue weighted by molar-refractivity contribution is -0.121. The lowest BCUT2D eigenvalue weighted by atomic mass is 10.3. The zero-order valence-corrected chi connectivity index (χ0v) is 11.1. The molecule has 0 bridgehead atoms. The first-order chi connectivity index (χ1) is 9.24. The van der Waals surface area contributed by atoms with Crippen LogP contribution in [-0.4, -0.2) is 5.91 Å². The molecule has 0 aliphatic heterocycles. The van der Waals surface area contributed by atoms with Crippen molar-refractivity contribution in [3.63, 3.8) is 0 Å². The molecule has 98 valence electrons. The molecule has 2 rings (SSSR count). The van der Waals surface area contributed by atoms with E-state index in [1.807, 2.05) is 23.6 Å². The molecule has 2 aromatic heterocycles. The van der Waals surface area contributed by atoms with Gasteiger partial charge in [-0.05, 0) is 35.7 Å². The van der Waals surface area contributed by atoms with Gasteiger partial charge in [0.15, 0.2) is 0 Å². The summed E-state index contributed by atoms with van der Waals surface area (Å²) in [4.78, 5) is 12.6. The molecule has 0 aliphatic carbocycles. The van der Waals surface area contributed by atoms with Gasteiger partial charge in [-0.2, -0.15) is 0 Å². The van der Waals surface area contributed by atoms with E-state index in [9.17, 15) is 4.79 Å². The summed E-state index contributed by atoms with van der Waals surface area (Å²) in [6.45, 7) is 3.77. The van der Waals surface area contributed by atoms with Crippen LogP contribution in [0.5, 0.6) is 0 Å². The van der Waals surface area contributed by atoms with Crippen LogP contribution in [0, 0.1) is 0 Å². The Balaban J connectivity index is 1.73. The van der Waals surface area contributed by atoms with E-state index in [1.165, 1.54) is 0 Å². The average molecular weight is 274 g/mol. The first-order valence-electron chi connectivity index (χ1n) is 5.72. The fourth-order valence-corrected chi connectivity index (χ4v) is 2.08. The standard InChI is InChI=1S/C14H14N2O2S/c1-11(6-7-12-4-2-8-18-12)15-16-14(17)10-13-5-3-9-19-13/h2-9,15H,1,10H2,(H,16,17). The molecule has 0 aliphatic rings. The largest absolute Gasteiger partial charge is 0.465 e. The number of furan rings is 1. The number of amides is 1. The zero-order chi connectivity index (χ0) is 13.5. The summed E-state index contributed by atoms with van der Waals surface area (Å²) in [6, 6.07) is 7.49. The predicted molar refractivity (Wildman–Crippen MR) is 76.2 cm³/mol. The summed E-state index contributed by atoms with van der Waals surface area (Å²) >= 11 is 1.56. The number of hydrogen-bond acceptors (Lipinski definition) is 4. The number of hydrogen-bond donors (Lipinski definition) is 2. The quantitative estimate of drug-likeness (QED) is 0.629. The van der Waals surface area contributed by atoms with Crippen molar-refractivity contribution in [2.75, 3.05) is 0 Å². The van der Waals surface area contributed by atoms with Gasteiger partial charge < -0.3 is 4.42 Å². The topological polar surface area (TPSA) is 54.3 Å². The molecule has 0 fully saturated rings. The molecular formula is C14H14N2O2S. The van der Waals surface area contributed by atoms with Crippen molar-refractivity contribution in [2.45, 2.75) is 6.42 Å². The monoisotopic (exact) mass is 274 g/mol. The van der Waals surface area contributed by atoms with Crippen molar-refractivity contribution in [3.05, 3.63) is 64.9 Å². The molecule has 2 aromatic rings. The van der Waals surface area contributed by atoms with Gasteiger partial charge in [-0.1, -0.05) is 12.6 Å². The van der Waals surface area contributed by atoms with Gasteiger partial charge in [-0.15, -0.1) is 11.3 Å². The summed E-state index contributed by atoms with van der Waals surface area (Å²) < 4.78 is 5.14. The van der Waals surface area contributed by atoms with Gasteiger partial charge in [0, 0.05) is 10.6 Å². The molecule has 4 nitrogen and oxygen atoms in total. The molecule has 0 spiro atoms. The normalized spacial score (nSPS) is 10.5. The van der Waals surface area contributed by atoms with Crippen molar-refractivity contribution in [1.82, 2.24) is 10.9 Å². The van der Waals surface area contributed by atoms with Gasteiger partial charge in [-0.25, -0.2) is 0 Å². The highest BCUT2D eigenvalue weighted by atomic mass is 32.1. The van der Waals surface area contributed by atoms with Crippen molar-refractivity contribution in [2.24, 2.45) is 0 Å². The second-order valence-corrected chi connectivity index (χ2v) is 4.84. The Morgan fingerprint density at radius 2 is 2.26 bits per heavy atom. The van der Waals surface area contributed by atoms with Crippen LogP contribution in [0.3, 0.4) is 0 Å². The van der Waals surface area contributed by atoms with Crippen LogP contribution in [0.4, 0.5) is 0 Å². The van der Waals surface area contributed by atoms with Crippen molar-refractivity contribution in [3.8, 4) is 0 Å². The van der Waals surface area contributed by atoms with Crippen LogP contribution < -0.4 is 10.9 Å². The van der Waals surface area contributed by atoms with Crippen LogP contribution in [0.2, 0.25) is 0 Å². The first-order valence-corrected chi connectivity index (χ1v) is 6.60. The lowest BCUT2D eigenvalue weighted by Crippen LogP contribution is -2.36. The molecule has 5 heteroatoms. The minimum Gasteiger partial charge on any atom is -0.465 e. The lowest BCUT2D eigenvalue weighted by Gasteiger charge is -2.07. The summed E-state index contributed by atoms with van der Waals surface area (Å²) in [5, 5.41) is 1.95. The van der Waals surface area contributed by atoms with Gasteiger partial charge in [-0.3, -0.25) is 15.6 Å². The molecule has 0 unspecified atom stereocenters. The highest BCUT2D eigenvalue weighted by molar-refractivity contribution is 7.10. The maximum absolute atomic E-state index is 11.6. The number of carbonyl (C=O) groups excluding carboxylic acids is 1. The summed E-state index contributed by atoms with van der Waals surface area (Å²) in [7, 11) is 0. The third-order valence-electron chi connectivity index (χ3n) is 2.27. The second kappa shape index (κ2) is 6.61. The summed E-state index contributed by atoms with van der Waals surface area (Å²) in [6.07, 6.45) is 5.45. The van der Waals surface area contributed by atoms with E-state index < -0.39 is 0 Å². The molecule has 19 heavy (non-hydrogen) atoms. The van der Waals surface area contributed by atoms with E-state index in [0.717, 1.165) is 10.6 Å². The van der Waals surface area contributed by atoms with E-state index in [0.29, 0.717) is 12.1 Å². The molecule has 0 saturated heterocycles. The van der Waals surface area contributed by atoms with Crippen LogP contribution in [0.25, 0.3) is 6.08 Å². The number of allylic oxidation sites excluding steroid dienone is 1. The average Bonchev–Trinajstić information content (AvgIpc) is 3.06. The van der Waals surface area contributed by atoms with Gasteiger partial charge in [0.2, 0.25) is 5.91 Å². The fourth-order valence-electron chi connectivity index (χ4n) is 1.38. The van der Waals surface area contributed by atoms with E-state index in [-0.39, 0.29) is 5.91 Å². The molecule has 0 aromatic carbocycles. The van der Waals surface area contributed by atoms with Gasteiger partial charge in [0.1, 0.15) is 5.76 Å². The Morgan fingerprint density at radius 1 is 1.37 bits per heavy atom. The highest BCUT2D eigenvalue weighted by Crippen LogP contribution is 2.08. The fraction of sp³-hybridized carbons (Fsp3) is 0.0714. The first kappa shape index (κ1) is 13.2. The van der Waals surface area contributed by atoms with Crippen LogP contribution in [-0.2, 0) is 11.2 Å². The van der Waals surface area contributed by atoms with Crippen LogP contribution >= 0.6 is 11.3 Å². The Kier molecular flexibility index (Phi) is 4.58. The SMILES string of the molecule is C=C(C=Cc1ccco1)NNC(=O)Cc1cccs1. The Labute approximate surface area is 115 Å². The Morgan fingerprint density at radius 3 is 2.95 bits per heavy atom. The summed E-state index contributed by atoms with van der Waals surface area (Å²) in [5.41, 5.74) is 5.91. The van der Waals surface area contributed by atoms with Crippen molar-refractivity contribution in [1.29, 1.82) is 0 Å². The summed E-state index contributed by atoms with van der Waals surface area (Å²) in [5.74, 6) is 0.628. The maximum Gasteiger partial charge on any atom is 0.243 e. The van der Waals surface area contributed by atoms with E-state index in [1.54, 1.807) is 35.8 Å². The number of thiophene rings is 1. The highest BCUT2D eigenvalue weighted by Gasteiger charge is 2.03. The third-order valence-corrected chi connectivity index (χ3v) is 3.15. The van der Waals surface area contributed by atoms with Gasteiger partial charge in [0.25, 0.3) is 0 Å². The second-order valence-electron chi connectivity index (χ2n) is 3.80. The third kappa shape index (κ3) is 4.48. The smallest absolute Gasteiger partial charge is 0.243 e. The minimum atomic E-state index is -0.102. The molecule has 2 heterocycles. The molecule has 0 saturated carbocycles. The van der Waals surface area contributed by atoms with E-state index >= 15 is 0 Å². The van der Waals surface area contributed by atoms with E-state index in [2.05, 4.69) is 17.4 Å². The predicted octanol–water partition coefficient (Wildman–Crippen LogP) is 2.73. The maximum atomic E-state index is 11.6. The molecule has 0 radical (unpaired) electrons. The Bertz CT molecular complexity index is 556. The zero-order valence-electron chi connectivity index (χ0n) is 10.3. The molecule has 0 atom stereocenters. The van der Waals surface area contributed by atoms with Gasteiger partial charge >= 0.3 is 0 Å². The molecule has 1 amide bonds.